The van der Waals surface area contributed by atoms with Gasteiger partial charge in [0.2, 0.25) is 0 Å². The maximum atomic E-state index is 12.7. The van der Waals surface area contributed by atoms with E-state index in [4.69, 9.17) is 0 Å². The summed E-state index contributed by atoms with van der Waals surface area (Å²) in [5, 5.41) is 2.98. The number of benzene rings is 2. The fourth-order valence-electron chi connectivity index (χ4n) is 2.11. The normalized spacial score (nSPS) is 11.9. The lowest BCUT2D eigenvalue weighted by atomic mass is 10.2. The average molecular weight is 278 g/mol. The van der Waals surface area contributed by atoms with Gasteiger partial charge in [-0.15, -0.1) is 0 Å². The minimum Gasteiger partial charge on any atom is -0.267 e. The van der Waals surface area contributed by atoms with Crippen molar-refractivity contribution in [3.05, 3.63) is 64.4 Å². The molecule has 0 bridgehead atoms. The van der Waals surface area contributed by atoms with Crippen molar-refractivity contribution < 1.29 is 13.2 Å². The number of H-pyrrole nitrogens is 1. The first-order valence-corrected chi connectivity index (χ1v) is 5.84. The maximum absolute atomic E-state index is 12.7. The van der Waals surface area contributed by atoms with Crippen molar-refractivity contribution in [1.29, 1.82) is 0 Å². The summed E-state index contributed by atoms with van der Waals surface area (Å²) in [6, 6.07) is 11.5. The van der Waals surface area contributed by atoms with Crippen molar-refractivity contribution in [1.82, 2.24) is 9.78 Å². The van der Waals surface area contributed by atoms with Gasteiger partial charge in [0.25, 0.3) is 5.56 Å². The Morgan fingerprint density at radius 3 is 2.50 bits per heavy atom. The molecule has 0 saturated heterocycles. The lowest BCUT2D eigenvalue weighted by Crippen LogP contribution is -2.08. The lowest BCUT2D eigenvalue weighted by molar-refractivity contribution is -0.137. The highest BCUT2D eigenvalue weighted by Crippen LogP contribution is 2.30. The van der Waals surface area contributed by atoms with Crippen LogP contribution in [0.4, 0.5) is 13.2 Å². The van der Waals surface area contributed by atoms with E-state index >= 15 is 0 Å². The van der Waals surface area contributed by atoms with Crippen LogP contribution in [-0.4, -0.2) is 9.78 Å². The second kappa shape index (κ2) is 4.26. The van der Waals surface area contributed by atoms with E-state index < -0.39 is 11.7 Å². The third kappa shape index (κ3) is 1.99. The average Bonchev–Trinajstić information content (AvgIpc) is 2.76. The fourth-order valence-corrected chi connectivity index (χ4v) is 2.11. The molecule has 20 heavy (non-hydrogen) atoms. The Kier molecular flexibility index (Phi) is 2.67. The monoisotopic (exact) mass is 278 g/mol. The van der Waals surface area contributed by atoms with Gasteiger partial charge in [0, 0.05) is 0 Å². The first kappa shape index (κ1) is 12.5. The van der Waals surface area contributed by atoms with Gasteiger partial charge in [0.05, 0.1) is 22.2 Å². The highest BCUT2D eigenvalue weighted by molar-refractivity contribution is 5.79. The zero-order valence-corrected chi connectivity index (χ0v) is 10.1. The highest BCUT2D eigenvalue weighted by atomic mass is 19.4. The Hall–Kier alpha value is -2.50. The summed E-state index contributed by atoms with van der Waals surface area (Å²) in [6.07, 6.45) is -4.42. The van der Waals surface area contributed by atoms with Gasteiger partial charge in [-0.2, -0.15) is 13.2 Å². The van der Waals surface area contributed by atoms with Crippen LogP contribution >= 0.6 is 0 Å². The zero-order valence-electron chi connectivity index (χ0n) is 10.1. The number of hydrogen-bond acceptors (Lipinski definition) is 1. The number of halogens is 3. The molecule has 0 aliphatic heterocycles. The maximum Gasteiger partial charge on any atom is 0.416 e. The van der Waals surface area contributed by atoms with E-state index in [9.17, 15) is 18.0 Å². The molecule has 6 heteroatoms. The van der Waals surface area contributed by atoms with Crippen molar-refractivity contribution in [2.45, 2.75) is 6.18 Å². The van der Waals surface area contributed by atoms with Crippen LogP contribution in [0.5, 0.6) is 0 Å². The summed E-state index contributed by atoms with van der Waals surface area (Å²) in [5.41, 5.74) is -0.290. The summed E-state index contributed by atoms with van der Waals surface area (Å²) >= 11 is 0. The Morgan fingerprint density at radius 2 is 1.75 bits per heavy atom. The molecular formula is C14H9F3N2O. The van der Waals surface area contributed by atoms with Crippen LogP contribution in [0, 0.1) is 0 Å². The number of nitrogens with zero attached hydrogens (tertiary/aromatic N) is 1. The molecule has 3 aromatic rings. The minimum absolute atomic E-state index is 0.262. The molecule has 0 aliphatic carbocycles. The van der Waals surface area contributed by atoms with Gasteiger partial charge in [-0.05, 0) is 30.3 Å². The van der Waals surface area contributed by atoms with Crippen LogP contribution in [0.25, 0.3) is 16.6 Å². The molecule has 0 spiro atoms. The van der Waals surface area contributed by atoms with Crippen LogP contribution in [0.1, 0.15) is 5.56 Å². The molecule has 0 aliphatic rings. The molecule has 3 nitrogen and oxygen atoms in total. The Bertz CT molecular complexity index is 830. The lowest BCUT2D eigenvalue weighted by Gasteiger charge is -2.09. The van der Waals surface area contributed by atoms with Crippen molar-refractivity contribution in [3.63, 3.8) is 0 Å². The molecule has 0 fully saturated rings. The summed E-state index contributed by atoms with van der Waals surface area (Å²) in [5.74, 6) is 0. The van der Waals surface area contributed by atoms with Crippen LogP contribution < -0.4 is 5.56 Å². The molecule has 0 unspecified atom stereocenters. The second-order valence-corrected chi connectivity index (χ2v) is 4.34. The van der Waals surface area contributed by atoms with E-state index in [1.807, 2.05) is 0 Å². The topological polar surface area (TPSA) is 37.8 Å². The third-order valence-electron chi connectivity index (χ3n) is 3.03. The summed E-state index contributed by atoms with van der Waals surface area (Å²) < 4.78 is 39.5. The number of para-hydroxylation sites is 1. The summed E-state index contributed by atoms with van der Waals surface area (Å²) in [7, 11) is 0. The first-order chi connectivity index (χ1) is 9.47. The van der Waals surface area contributed by atoms with Gasteiger partial charge in [-0.25, -0.2) is 0 Å². The molecule has 1 heterocycles. The third-order valence-corrected chi connectivity index (χ3v) is 3.03. The quantitative estimate of drug-likeness (QED) is 0.728. The minimum atomic E-state index is -4.42. The van der Waals surface area contributed by atoms with Gasteiger partial charge in [-0.3, -0.25) is 14.6 Å². The first-order valence-electron chi connectivity index (χ1n) is 5.84. The van der Waals surface area contributed by atoms with Gasteiger partial charge in [0.1, 0.15) is 0 Å². The van der Waals surface area contributed by atoms with E-state index in [2.05, 4.69) is 5.10 Å². The van der Waals surface area contributed by atoms with E-state index in [0.717, 1.165) is 12.1 Å². The van der Waals surface area contributed by atoms with E-state index in [0.29, 0.717) is 10.9 Å². The molecule has 2 aromatic carbocycles. The van der Waals surface area contributed by atoms with Gasteiger partial charge < -0.3 is 0 Å². The highest BCUT2D eigenvalue weighted by Gasteiger charge is 2.30. The van der Waals surface area contributed by atoms with E-state index in [1.165, 1.54) is 16.8 Å². The molecule has 0 saturated carbocycles. The molecular weight excluding hydrogens is 269 g/mol. The summed E-state index contributed by atoms with van der Waals surface area (Å²) in [6.45, 7) is 0. The number of hydrogen-bond donors (Lipinski definition) is 1. The van der Waals surface area contributed by atoms with Crippen LogP contribution in [0.15, 0.2) is 53.3 Å². The predicted octanol–water partition coefficient (Wildman–Crippen LogP) is 3.34. The number of fused-ring (bicyclic) bond motifs is 1. The van der Waals surface area contributed by atoms with Crippen molar-refractivity contribution in [2.24, 2.45) is 0 Å². The molecule has 1 N–H and O–H groups in total. The Labute approximate surface area is 111 Å². The second-order valence-electron chi connectivity index (χ2n) is 4.34. The van der Waals surface area contributed by atoms with Crippen LogP contribution in [-0.2, 0) is 6.18 Å². The molecule has 0 atom stereocenters. The molecule has 0 radical (unpaired) electrons. The molecule has 3 rings (SSSR count). The van der Waals surface area contributed by atoms with E-state index in [-0.39, 0.29) is 11.2 Å². The Morgan fingerprint density at radius 1 is 1.00 bits per heavy atom. The van der Waals surface area contributed by atoms with Gasteiger partial charge in [-0.1, -0.05) is 18.2 Å². The van der Waals surface area contributed by atoms with Gasteiger partial charge >= 0.3 is 6.18 Å². The molecule has 102 valence electrons. The number of aromatic nitrogens is 2. The number of nitrogens with one attached hydrogen (secondary N) is 1. The smallest absolute Gasteiger partial charge is 0.267 e. The largest absolute Gasteiger partial charge is 0.416 e. The fraction of sp³-hybridized carbons (Fsp3) is 0.0714. The predicted molar refractivity (Wildman–Crippen MR) is 68.9 cm³/mol. The van der Waals surface area contributed by atoms with Crippen molar-refractivity contribution in [2.75, 3.05) is 0 Å². The zero-order chi connectivity index (χ0) is 14.3. The standard InChI is InChI=1S/C14H9F3N2O/c15-14(16,17)9-4-3-5-10(8-9)19-12-7-2-1-6-11(12)13(20)18-19/h1-8H,(H,18,20). The number of aromatic amines is 1. The Balaban J connectivity index is 2.24. The molecule has 0 amide bonds. The van der Waals surface area contributed by atoms with Crippen molar-refractivity contribution >= 4 is 10.9 Å². The van der Waals surface area contributed by atoms with Crippen molar-refractivity contribution in [3.8, 4) is 5.69 Å². The van der Waals surface area contributed by atoms with Gasteiger partial charge in [0.15, 0.2) is 0 Å². The SMILES string of the molecule is O=c1[nH]n(-c2cccc(C(F)(F)F)c2)c2ccccc12. The number of alkyl halides is 3. The number of rotatable bonds is 1. The van der Waals surface area contributed by atoms with Crippen LogP contribution in [0.3, 0.4) is 0 Å². The van der Waals surface area contributed by atoms with E-state index in [1.54, 1.807) is 24.3 Å². The summed E-state index contributed by atoms with van der Waals surface area (Å²) in [4.78, 5) is 11.8. The molecule has 1 aromatic heterocycles. The van der Waals surface area contributed by atoms with Crippen LogP contribution in [0.2, 0.25) is 0 Å².